The summed E-state index contributed by atoms with van der Waals surface area (Å²) in [4.78, 5) is 24.0. The molecule has 0 aliphatic carbocycles. The van der Waals surface area contributed by atoms with E-state index in [4.69, 9.17) is 9.47 Å². The lowest BCUT2D eigenvalue weighted by Crippen LogP contribution is -2.31. The van der Waals surface area contributed by atoms with Gasteiger partial charge in [-0.3, -0.25) is 9.59 Å². The summed E-state index contributed by atoms with van der Waals surface area (Å²) in [6.45, 7) is 1.94. The Morgan fingerprint density at radius 3 is 2.71 bits per heavy atom. The Labute approximate surface area is 140 Å². The van der Waals surface area contributed by atoms with E-state index in [1.54, 1.807) is 12.1 Å². The van der Waals surface area contributed by atoms with E-state index in [-0.39, 0.29) is 25.0 Å². The van der Waals surface area contributed by atoms with Crippen molar-refractivity contribution in [2.24, 2.45) is 5.92 Å². The van der Waals surface area contributed by atoms with Gasteiger partial charge in [0, 0.05) is 5.69 Å². The first-order chi connectivity index (χ1) is 11.6. The SMILES string of the molecule is Cc1ccc(NC(=O)COC(=O)C2COc3ccccc3C2)cc1. The molecule has 1 aliphatic heterocycles. The number of amides is 1. The van der Waals surface area contributed by atoms with E-state index >= 15 is 0 Å². The van der Waals surface area contributed by atoms with E-state index in [9.17, 15) is 9.59 Å². The van der Waals surface area contributed by atoms with E-state index in [0.29, 0.717) is 12.1 Å². The van der Waals surface area contributed by atoms with Crippen molar-refractivity contribution in [2.75, 3.05) is 18.5 Å². The Morgan fingerprint density at radius 1 is 1.17 bits per heavy atom. The van der Waals surface area contributed by atoms with Crippen LogP contribution in [-0.4, -0.2) is 25.1 Å². The van der Waals surface area contributed by atoms with Crippen LogP contribution in [0.4, 0.5) is 5.69 Å². The Kier molecular flexibility index (Phi) is 4.79. The van der Waals surface area contributed by atoms with Crippen molar-refractivity contribution in [3.8, 4) is 5.75 Å². The van der Waals surface area contributed by atoms with Gasteiger partial charge in [0.1, 0.15) is 12.4 Å². The molecule has 0 spiro atoms. The Morgan fingerprint density at radius 2 is 1.92 bits per heavy atom. The summed E-state index contributed by atoms with van der Waals surface area (Å²) < 4.78 is 10.7. The first kappa shape index (κ1) is 16.1. The number of nitrogens with one attached hydrogen (secondary N) is 1. The van der Waals surface area contributed by atoms with E-state index in [1.807, 2.05) is 43.3 Å². The van der Waals surface area contributed by atoms with Crippen molar-refractivity contribution in [3.63, 3.8) is 0 Å². The van der Waals surface area contributed by atoms with Crippen LogP contribution in [0.1, 0.15) is 11.1 Å². The smallest absolute Gasteiger partial charge is 0.313 e. The Balaban J connectivity index is 1.49. The highest BCUT2D eigenvalue weighted by Crippen LogP contribution is 2.27. The lowest BCUT2D eigenvalue weighted by Gasteiger charge is -2.23. The van der Waals surface area contributed by atoms with Gasteiger partial charge in [-0.1, -0.05) is 35.9 Å². The molecule has 1 aliphatic rings. The number of esters is 1. The molecule has 24 heavy (non-hydrogen) atoms. The normalized spacial score (nSPS) is 15.8. The predicted molar refractivity (Wildman–Crippen MR) is 89.9 cm³/mol. The molecule has 1 atom stereocenters. The van der Waals surface area contributed by atoms with Gasteiger partial charge in [0.2, 0.25) is 0 Å². The fourth-order valence-electron chi connectivity index (χ4n) is 2.57. The van der Waals surface area contributed by atoms with Crippen LogP contribution in [-0.2, 0) is 20.7 Å². The number of para-hydroxylation sites is 1. The van der Waals surface area contributed by atoms with Gasteiger partial charge in [0.15, 0.2) is 6.61 Å². The molecule has 0 saturated carbocycles. The van der Waals surface area contributed by atoms with Gasteiger partial charge in [0.25, 0.3) is 5.91 Å². The van der Waals surface area contributed by atoms with Crippen LogP contribution >= 0.6 is 0 Å². The van der Waals surface area contributed by atoms with Gasteiger partial charge in [-0.15, -0.1) is 0 Å². The number of hydrogen-bond donors (Lipinski definition) is 1. The average molecular weight is 325 g/mol. The summed E-state index contributed by atoms with van der Waals surface area (Å²) in [6, 6.07) is 15.0. The zero-order valence-electron chi connectivity index (χ0n) is 13.5. The highest BCUT2D eigenvalue weighted by molar-refractivity contribution is 5.92. The van der Waals surface area contributed by atoms with E-state index in [1.165, 1.54) is 0 Å². The summed E-state index contributed by atoms with van der Waals surface area (Å²) in [5, 5.41) is 2.70. The molecule has 1 heterocycles. The summed E-state index contributed by atoms with van der Waals surface area (Å²) in [5.74, 6) is -0.348. The molecule has 0 bridgehead atoms. The van der Waals surface area contributed by atoms with Gasteiger partial charge < -0.3 is 14.8 Å². The molecule has 2 aromatic rings. The highest BCUT2D eigenvalue weighted by Gasteiger charge is 2.27. The number of ether oxygens (including phenoxy) is 2. The van der Waals surface area contributed by atoms with Crippen molar-refractivity contribution < 1.29 is 19.1 Å². The fraction of sp³-hybridized carbons (Fsp3) is 0.263. The minimum absolute atomic E-state index is 0.273. The first-order valence-electron chi connectivity index (χ1n) is 7.85. The van der Waals surface area contributed by atoms with Crippen LogP contribution in [0.15, 0.2) is 48.5 Å². The molecule has 5 nitrogen and oxygen atoms in total. The van der Waals surface area contributed by atoms with Gasteiger partial charge >= 0.3 is 5.97 Å². The second kappa shape index (κ2) is 7.17. The molecule has 0 radical (unpaired) electrons. The minimum Gasteiger partial charge on any atom is -0.492 e. The second-order valence-corrected chi connectivity index (χ2v) is 5.84. The molecule has 1 unspecified atom stereocenters. The first-order valence-corrected chi connectivity index (χ1v) is 7.85. The van der Waals surface area contributed by atoms with Crippen LogP contribution < -0.4 is 10.1 Å². The van der Waals surface area contributed by atoms with Gasteiger partial charge in [-0.2, -0.15) is 0 Å². The number of aryl methyl sites for hydroxylation is 1. The molecular formula is C19H19NO4. The van der Waals surface area contributed by atoms with Gasteiger partial charge in [-0.25, -0.2) is 0 Å². The quantitative estimate of drug-likeness (QED) is 0.878. The molecule has 124 valence electrons. The van der Waals surface area contributed by atoms with Crippen LogP contribution in [0, 0.1) is 12.8 Å². The lowest BCUT2D eigenvalue weighted by molar-refractivity contribution is -0.152. The molecule has 0 aromatic heterocycles. The third-order valence-electron chi connectivity index (χ3n) is 3.89. The Hall–Kier alpha value is -2.82. The zero-order valence-corrected chi connectivity index (χ0v) is 13.5. The molecule has 1 amide bonds. The molecule has 2 aromatic carbocycles. The van der Waals surface area contributed by atoms with Gasteiger partial charge in [-0.05, 0) is 37.1 Å². The maximum Gasteiger partial charge on any atom is 0.313 e. The van der Waals surface area contributed by atoms with Crippen molar-refractivity contribution in [3.05, 3.63) is 59.7 Å². The standard InChI is InChI=1S/C19H19NO4/c1-13-6-8-16(9-7-13)20-18(21)12-24-19(22)15-10-14-4-2-3-5-17(14)23-11-15/h2-9,15H,10-12H2,1H3,(H,20,21). The number of anilines is 1. The van der Waals surface area contributed by atoms with Crippen molar-refractivity contribution in [1.29, 1.82) is 0 Å². The number of fused-ring (bicyclic) bond motifs is 1. The maximum absolute atomic E-state index is 12.1. The summed E-state index contributed by atoms with van der Waals surface area (Å²) in [5.41, 5.74) is 2.77. The number of carbonyl (C=O) groups is 2. The second-order valence-electron chi connectivity index (χ2n) is 5.84. The molecule has 1 N–H and O–H groups in total. The largest absolute Gasteiger partial charge is 0.492 e. The summed E-state index contributed by atoms with van der Waals surface area (Å²) in [6.07, 6.45) is 0.564. The maximum atomic E-state index is 12.1. The monoisotopic (exact) mass is 325 g/mol. The van der Waals surface area contributed by atoms with Crippen LogP contribution in [0.5, 0.6) is 5.75 Å². The molecule has 5 heteroatoms. The third-order valence-corrected chi connectivity index (χ3v) is 3.89. The molecule has 0 saturated heterocycles. The zero-order chi connectivity index (χ0) is 16.9. The number of hydrogen-bond acceptors (Lipinski definition) is 4. The van der Waals surface area contributed by atoms with E-state index in [2.05, 4.69) is 5.32 Å². The topological polar surface area (TPSA) is 64.6 Å². The number of rotatable bonds is 4. The average Bonchev–Trinajstić information content (AvgIpc) is 2.61. The third kappa shape index (κ3) is 3.93. The van der Waals surface area contributed by atoms with Crippen LogP contribution in [0.2, 0.25) is 0 Å². The minimum atomic E-state index is -0.413. The molecule has 3 rings (SSSR count). The van der Waals surface area contributed by atoms with Crippen LogP contribution in [0.25, 0.3) is 0 Å². The number of carbonyl (C=O) groups excluding carboxylic acids is 2. The fourth-order valence-corrected chi connectivity index (χ4v) is 2.57. The van der Waals surface area contributed by atoms with E-state index < -0.39 is 5.97 Å². The van der Waals surface area contributed by atoms with Crippen LogP contribution in [0.3, 0.4) is 0 Å². The Bertz CT molecular complexity index is 739. The van der Waals surface area contributed by atoms with E-state index in [0.717, 1.165) is 16.9 Å². The van der Waals surface area contributed by atoms with Crippen molar-refractivity contribution in [1.82, 2.24) is 0 Å². The lowest BCUT2D eigenvalue weighted by atomic mass is 9.97. The summed E-state index contributed by atoms with van der Waals surface area (Å²) in [7, 11) is 0. The molecule has 0 fully saturated rings. The number of benzene rings is 2. The van der Waals surface area contributed by atoms with Gasteiger partial charge in [0.05, 0.1) is 5.92 Å². The van der Waals surface area contributed by atoms with Crippen molar-refractivity contribution in [2.45, 2.75) is 13.3 Å². The highest BCUT2D eigenvalue weighted by atomic mass is 16.5. The summed E-state index contributed by atoms with van der Waals surface area (Å²) >= 11 is 0. The van der Waals surface area contributed by atoms with Crippen molar-refractivity contribution >= 4 is 17.6 Å². The predicted octanol–water partition coefficient (Wildman–Crippen LogP) is 2.73. The molecular weight excluding hydrogens is 306 g/mol.